The van der Waals surface area contributed by atoms with Crippen molar-refractivity contribution in [1.29, 1.82) is 0 Å². The number of anilines is 1. The number of aryl methyl sites for hydroxylation is 3. The Bertz CT molecular complexity index is 853. The molecule has 1 heterocycles. The molecule has 0 saturated heterocycles. The fourth-order valence-electron chi connectivity index (χ4n) is 4.01. The Morgan fingerprint density at radius 1 is 1.11 bits per heavy atom. The molecular formula is C22H27N2O3+. The number of hydrogen-bond donors (Lipinski definition) is 2. The van der Waals surface area contributed by atoms with E-state index in [-0.39, 0.29) is 24.5 Å². The molecular weight excluding hydrogens is 340 g/mol. The molecule has 1 amide bonds. The predicted molar refractivity (Wildman–Crippen MR) is 105 cm³/mol. The first-order chi connectivity index (χ1) is 12.9. The standard InChI is InChI=1S/C22H26N2O3/c1-14-9-15(2)21(16(3)10-14)23-20(25)13-24-12-18-8-6-5-7-17(18)11-19(24)22(26)27-4/h5-10,19H,11-13H2,1-4H3,(H,23,25)/p+1/t19-/m1/s1. The van der Waals surface area contributed by atoms with Crippen molar-refractivity contribution < 1.29 is 19.2 Å². The number of ether oxygens (including phenoxy) is 1. The van der Waals surface area contributed by atoms with Gasteiger partial charge in [-0.1, -0.05) is 42.0 Å². The summed E-state index contributed by atoms with van der Waals surface area (Å²) in [5, 5.41) is 3.04. The number of methoxy groups -OCH3 is 1. The van der Waals surface area contributed by atoms with Crippen molar-refractivity contribution >= 4 is 17.6 Å². The van der Waals surface area contributed by atoms with Gasteiger partial charge in [-0.15, -0.1) is 0 Å². The van der Waals surface area contributed by atoms with Crippen LogP contribution in [0.1, 0.15) is 27.8 Å². The molecule has 2 N–H and O–H groups in total. The molecule has 5 nitrogen and oxygen atoms in total. The molecule has 1 unspecified atom stereocenters. The highest BCUT2D eigenvalue weighted by Crippen LogP contribution is 2.21. The van der Waals surface area contributed by atoms with Gasteiger partial charge in [-0.3, -0.25) is 4.79 Å². The molecule has 0 bridgehead atoms. The van der Waals surface area contributed by atoms with Crippen LogP contribution in [0.15, 0.2) is 36.4 Å². The molecule has 142 valence electrons. The van der Waals surface area contributed by atoms with Crippen LogP contribution in [0.2, 0.25) is 0 Å². The molecule has 2 aromatic rings. The van der Waals surface area contributed by atoms with Crippen LogP contribution in [-0.4, -0.2) is 31.6 Å². The molecule has 0 radical (unpaired) electrons. The summed E-state index contributed by atoms with van der Waals surface area (Å²) in [5.41, 5.74) is 6.46. The van der Waals surface area contributed by atoms with Gasteiger partial charge in [0.2, 0.25) is 0 Å². The number of nitrogens with one attached hydrogen (secondary N) is 2. The van der Waals surface area contributed by atoms with Gasteiger partial charge in [0.05, 0.1) is 7.11 Å². The molecule has 5 heteroatoms. The van der Waals surface area contributed by atoms with E-state index in [0.29, 0.717) is 13.0 Å². The van der Waals surface area contributed by atoms with Crippen LogP contribution < -0.4 is 10.2 Å². The molecule has 0 aromatic heterocycles. The van der Waals surface area contributed by atoms with Crippen LogP contribution in [0.25, 0.3) is 0 Å². The Kier molecular flexibility index (Phi) is 5.61. The van der Waals surface area contributed by atoms with Gasteiger partial charge in [0.15, 0.2) is 12.6 Å². The number of carbonyl (C=O) groups is 2. The average Bonchev–Trinajstić information content (AvgIpc) is 2.63. The second-order valence-electron chi connectivity index (χ2n) is 7.38. The van der Waals surface area contributed by atoms with Crippen molar-refractivity contribution in [2.75, 3.05) is 19.0 Å². The van der Waals surface area contributed by atoms with E-state index in [1.807, 2.05) is 39.0 Å². The highest BCUT2D eigenvalue weighted by atomic mass is 16.5. The van der Waals surface area contributed by atoms with Gasteiger partial charge >= 0.3 is 5.97 Å². The summed E-state index contributed by atoms with van der Waals surface area (Å²) >= 11 is 0. The van der Waals surface area contributed by atoms with Crippen LogP contribution in [0.5, 0.6) is 0 Å². The van der Waals surface area contributed by atoms with E-state index in [1.165, 1.54) is 18.2 Å². The Balaban J connectivity index is 1.78. The highest BCUT2D eigenvalue weighted by molar-refractivity contribution is 5.93. The average molecular weight is 367 g/mol. The zero-order chi connectivity index (χ0) is 19.6. The number of quaternary nitrogens is 1. The zero-order valence-electron chi connectivity index (χ0n) is 16.4. The molecule has 0 spiro atoms. The van der Waals surface area contributed by atoms with E-state index in [4.69, 9.17) is 4.74 Å². The molecule has 2 aromatic carbocycles. The summed E-state index contributed by atoms with van der Waals surface area (Å²) < 4.78 is 4.99. The Labute approximate surface area is 160 Å². The maximum absolute atomic E-state index is 12.8. The van der Waals surface area contributed by atoms with Crippen molar-refractivity contribution in [1.82, 2.24) is 0 Å². The molecule has 2 atom stereocenters. The fraction of sp³-hybridized carbons (Fsp3) is 0.364. The quantitative estimate of drug-likeness (QED) is 0.810. The third kappa shape index (κ3) is 4.19. The Hall–Kier alpha value is -2.66. The minimum atomic E-state index is -0.365. The SMILES string of the molecule is COC(=O)[C@H]1Cc2ccccc2C[NH+]1CC(=O)Nc1c(C)cc(C)cc1C. The van der Waals surface area contributed by atoms with Crippen molar-refractivity contribution in [2.24, 2.45) is 0 Å². The lowest BCUT2D eigenvalue weighted by atomic mass is 9.94. The third-order valence-corrected chi connectivity index (χ3v) is 5.27. The van der Waals surface area contributed by atoms with E-state index < -0.39 is 0 Å². The van der Waals surface area contributed by atoms with E-state index in [9.17, 15) is 9.59 Å². The smallest absolute Gasteiger partial charge is 0.365 e. The van der Waals surface area contributed by atoms with Crippen LogP contribution in [0, 0.1) is 20.8 Å². The second-order valence-corrected chi connectivity index (χ2v) is 7.38. The van der Waals surface area contributed by atoms with Crippen LogP contribution >= 0.6 is 0 Å². The lowest BCUT2D eigenvalue weighted by Gasteiger charge is -2.31. The van der Waals surface area contributed by atoms with Gasteiger partial charge in [0.25, 0.3) is 5.91 Å². The minimum Gasteiger partial charge on any atom is -0.465 e. The maximum atomic E-state index is 12.8. The lowest BCUT2D eigenvalue weighted by molar-refractivity contribution is -0.924. The lowest BCUT2D eigenvalue weighted by Crippen LogP contribution is -3.17. The topological polar surface area (TPSA) is 59.8 Å². The summed E-state index contributed by atoms with van der Waals surface area (Å²) in [4.78, 5) is 26.0. The van der Waals surface area contributed by atoms with Crippen molar-refractivity contribution in [3.05, 3.63) is 64.2 Å². The molecule has 0 saturated carbocycles. The summed E-state index contributed by atoms with van der Waals surface area (Å²) in [6.45, 7) is 6.89. The third-order valence-electron chi connectivity index (χ3n) is 5.27. The van der Waals surface area contributed by atoms with Crippen LogP contribution in [0.3, 0.4) is 0 Å². The first-order valence-corrected chi connectivity index (χ1v) is 9.26. The normalized spacial score (nSPS) is 18.5. The Morgan fingerprint density at radius 3 is 2.37 bits per heavy atom. The molecule has 0 fully saturated rings. The van der Waals surface area contributed by atoms with Crippen LogP contribution in [0.4, 0.5) is 5.69 Å². The summed E-state index contributed by atoms with van der Waals surface area (Å²) in [7, 11) is 1.40. The van der Waals surface area contributed by atoms with Crippen molar-refractivity contribution in [3.63, 3.8) is 0 Å². The largest absolute Gasteiger partial charge is 0.465 e. The van der Waals surface area contributed by atoms with Gasteiger partial charge < -0.3 is 15.0 Å². The van der Waals surface area contributed by atoms with E-state index in [0.717, 1.165) is 27.3 Å². The van der Waals surface area contributed by atoms with Crippen LogP contribution in [-0.2, 0) is 27.3 Å². The number of hydrogen-bond acceptors (Lipinski definition) is 3. The monoisotopic (exact) mass is 367 g/mol. The van der Waals surface area contributed by atoms with E-state index in [2.05, 4.69) is 23.5 Å². The number of esters is 1. The number of carbonyl (C=O) groups excluding carboxylic acids is 2. The predicted octanol–water partition coefficient (Wildman–Crippen LogP) is 1.73. The number of fused-ring (bicyclic) bond motifs is 1. The summed E-state index contributed by atoms with van der Waals surface area (Å²) in [5.74, 6) is -0.358. The van der Waals surface area contributed by atoms with Gasteiger partial charge in [0.1, 0.15) is 6.54 Å². The minimum absolute atomic E-state index is 0.0895. The molecule has 0 aliphatic carbocycles. The van der Waals surface area contributed by atoms with Crippen molar-refractivity contribution in [2.45, 2.75) is 39.8 Å². The van der Waals surface area contributed by atoms with E-state index >= 15 is 0 Å². The summed E-state index contributed by atoms with van der Waals surface area (Å²) in [6.07, 6.45) is 0.591. The van der Waals surface area contributed by atoms with Gasteiger partial charge in [-0.05, 0) is 37.5 Å². The number of benzene rings is 2. The van der Waals surface area contributed by atoms with Crippen molar-refractivity contribution in [3.8, 4) is 0 Å². The second kappa shape index (κ2) is 7.92. The first-order valence-electron chi connectivity index (χ1n) is 9.26. The van der Waals surface area contributed by atoms with E-state index in [1.54, 1.807) is 0 Å². The maximum Gasteiger partial charge on any atom is 0.365 e. The Morgan fingerprint density at radius 2 is 1.74 bits per heavy atom. The summed E-state index contributed by atoms with van der Waals surface area (Å²) in [6, 6.07) is 11.8. The molecule has 27 heavy (non-hydrogen) atoms. The first kappa shape index (κ1) is 19.1. The molecule has 3 rings (SSSR count). The molecule has 1 aliphatic heterocycles. The molecule has 1 aliphatic rings. The zero-order valence-corrected chi connectivity index (χ0v) is 16.4. The van der Waals surface area contributed by atoms with Gasteiger partial charge in [-0.25, -0.2) is 4.79 Å². The number of rotatable bonds is 4. The van der Waals surface area contributed by atoms with Gasteiger partial charge in [0, 0.05) is 17.7 Å². The highest BCUT2D eigenvalue weighted by Gasteiger charge is 2.37. The van der Waals surface area contributed by atoms with Gasteiger partial charge in [-0.2, -0.15) is 0 Å². The number of amides is 1. The fourth-order valence-corrected chi connectivity index (χ4v) is 4.01.